The van der Waals surface area contributed by atoms with Crippen molar-refractivity contribution in [1.82, 2.24) is 19.9 Å². The van der Waals surface area contributed by atoms with Crippen molar-refractivity contribution < 1.29 is 8.42 Å². The summed E-state index contributed by atoms with van der Waals surface area (Å²) in [6.07, 6.45) is 6.65. The lowest BCUT2D eigenvalue weighted by molar-refractivity contribution is 0.589. The fourth-order valence-electron chi connectivity index (χ4n) is 5.01. The van der Waals surface area contributed by atoms with Gasteiger partial charge < -0.3 is 20.1 Å². The lowest BCUT2D eigenvalue weighted by Gasteiger charge is -2.30. The number of aromatic nitrogens is 3. The molecule has 1 saturated heterocycles. The van der Waals surface area contributed by atoms with Gasteiger partial charge in [0.2, 0.25) is 0 Å². The van der Waals surface area contributed by atoms with Gasteiger partial charge in [0.1, 0.15) is 0 Å². The van der Waals surface area contributed by atoms with Crippen molar-refractivity contribution >= 4 is 48.8 Å². The number of sulfone groups is 1. The molecule has 2 N–H and O–H groups in total. The van der Waals surface area contributed by atoms with Gasteiger partial charge in [-0.1, -0.05) is 12.1 Å². The fourth-order valence-corrected chi connectivity index (χ4v) is 5.84. The van der Waals surface area contributed by atoms with E-state index in [2.05, 4.69) is 54.3 Å². The van der Waals surface area contributed by atoms with Crippen molar-refractivity contribution in [2.45, 2.75) is 4.90 Å². The second-order valence-electron chi connectivity index (χ2n) is 9.46. The number of nitrogens with one attached hydrogen (secondary N) is 2. The molecule has 0 bridgehead atoms. The molecule has 1 fully saturated rings. The second kappa shape index (κ2) is 9.17. The summed E-state index contributed by atoms with van der Waals surface area (Å²) in [5, 5.41) is 7.93. The van der Waals surface area contributed by atoms with Gasteiger partial charge in [-0.2, -0.15) is 0 Å². The van der Waals surface area contributed by atoms with E-state index in [0.29, 0.717) is 5.69 Å². The lowest BCUT2D eigenvalue weighted by Crippen LogP contribution is -2.43. The van der Waals surface area contributed by atoms with Crippen LogP contribution in [0.3, 0.4) is 0 Å². The maximum atomic E-state index is 12.7. The minimum Gasteiger partial charge on any atom is -0.369 e. The summed E-state index contributed by atoms with van der Waals surface area (Å²) >= 11 is 0. The van der Waals surface area contributed by atoms with Crippen LogP contribution in [0.4, 0.5) is 17.1 Å². The van der Waals surface area contributed by atoms with E-state index in [1.807, 2.05) is 37.5 Å². The van der Waals surface area contributed by atoms with E-state index in [0.717, 1.165) is 65.2 Å². The van der Waals surface area contributed by atoms with E-state index >= 15 is 0 Å². The van der Waals surface area contributed by atoms with Gasteiger partial charge in [-0.15, -0.1) is 0 Å². The van der Waals surface area contributed by atoms with Gasteiger partial charge in [0.15, 0.2) is 9.84 Å². The average molecular weight is 513 g/mol. The highest BCUT2D eigenvalue weighted by Crippen LogP contribution is 2.35. The van der Waals surface area contributed by atoms with E-state index < -0.39 is 9.84 Å². The first kappa shape index (κ1) is 23.4. The van der Waals surface area contributed by atoms with Crippen molar-refractivity contribution in [3.05, 3.63) is 73.2 Å². The highest BCUT2D eigenvalue weighted by atomic mass is 32.2. The number of benzene rings is 3. The first-order chi connectivity index (χ1) is 17.9. The molecular weight excluding hydrogens is 484 g/mol. The van der Waals surface area contributed by atoms with Gasteiger partial charge in [-0.25, -0.2) is 8.42 Å². The highest BCUT2D eigenvalue weighted by molar-refractivity contribution is 7.90. The summed E-state index contributed by atoms with van der Waals surface area (Å²) < 4.78 is 27.4. The van der Waals surface area contributed by atoms with E-state index in [1.54, 1.807) is 18.5 Å². The van der Waals surface area contributed by atoms with Crippen LogP contribution in [-0.2, 0) is 16.9 Å². The summed E-state index contributed by atoms with van der Waals surface area (Å²) in [6.45, 7) is 3.54. The van der Waals surface area contributed by atoms with Crippen LogP contribution in [0.1, 0.15) is 0 Å². The minimum atomic E-state index is -3.45. The molecule has 6 rings (SSSR count). The van der Waals surface area contributed by atoms with Crippen LogP contribution in [0.2, 0.25) is 0 Å². The third-order valence-corrected chi connectivity index (χ3v) is 8.05. The number of aryl methyl sites for hydroxylation is 1. The third kappa shape index (κ3) is 4.52. The Balaban J connectivity index is 1.48. The Bertz CT molecular complexity index is 1740. The molecule has 0 atom stereocenters. The van der Waals surface area contributed by atoms with E-state index in [-0.39, 0.29) is 4.90 Å². The molecule has 0 aliphatic carbocycles. The van der Waals surface area contributed by atoms with E-state index in [9.17, 15) is 8.42 Å². The first-order valence-corrected chi connectivity index (χ1v) is 14.1. The van der Waals surface area contributed by atoms with Gasteiger partial charge >= 0.3 is 0 Å². The number of piperazine rings is 1. The van der Waals surface area contributed by atoms with Crippen LogP contribution in [-0.4, -0.2) is 55.4 Å². The van der Waals surface area contributed by atoms with Gasteiger partial charge in [-0.3, -0.25) is 9.97 Å². The molecule has 8 nitrogen and oxygen atoms in total. The molecule has 1 aliphatic heterocycles. The Labute approximate surface area is 215 Å². The Hall–Kier alpha value is -3.95. The fraction of sp³-hybridized carbons (Fsp3) is 0.214. The zero-order valence-corrected chi connectivity index (χ0v) is 21.6. The van der Waals surface area contributed by atoms with Crippen molar-refractivity contribution in [3.63, 3.8) is 0 Å². The summed E-state index contributed by atoms with van der Waals surface area (Å²) in [4.78, 5) is 11.7. The zero-order valence-electron chi connectivity index (χ0n) is 20.8. The van der Waals surface area contributed by atoms with Gasteiger partial charge in [-0.05, 0) is 53.4 Å². The predicted octanol–water partition coefficient (Wildman–Crippen LogP) is 4.35. The normalized spacial score (nSPS) is 14.4. The number of fused-ring (bicyclic) bond motifs is 2. The Kier molecular flexibility index (Phi) is 5.81. The largest absolute Gasteiger partial charge is 0.369 e. The first-order valence-electron chi connectivity index (χ1n) is 12.2. The summed E-state index contributed by atoms with van der Waals surface area (Å²) in [5.74, 6) is 0. The molecule has 1 aliphatic rings. The topological polar surface area (TPSA) is 92.2 Å². The molecular formula is C28H28N6O2S. The maximum absolute atomic E-state index is 12.7. The van der Waals surface area contributed by atoms with Crippen molar-refractivity contribution in [3.8, 4) is 11.1 Å². The number of hydrogen-bond donors (Lipinski definition) is 2. The van der Waals surface area contributed by atoms with Crippen LogP contribution in [0, 0.1) is 0 Å². The van der Waals surface area contributed by atoms with Crippen LogP contribution in [0.25, 0.3) is 33.1 Å². The summed E-state index contributed by atoms with van der Waals surface area (Å²) in [7, 11) is -1.42. The number of rotatable bonds is 5. The zero-order chi connectivity index (χ0) is 25.6. The molecule has 3 heterocycles. The molecule has 37 heavy (non-hydrogen) atoms. The number of nitrogens with zero attached hydrogens (tertiary/aromatic N) is 4. The van der Waals surface area contributed by atoms with Gasteiger partial charge in [0.25, 0.3) is 0 Å². The lowest BCUT2D eigenvalue weighted by atomic mass is 10.0. The van der Waals surface area contributed by atoms with Gasteiger partial charge in [0.05, 0.1) is 21.6 Å². The molecule has 0 saturated carbocycles. The summed E-state index contributed by atoms with van der Waals surface area (Å²) in [6, 6.07) is 17.9. The van der Waals surface area contributed by atoms with E-state index in [4.69, 9.17) is 0 Å². The minimum absolute atomic E-state index is 0.261. The molecule has 9 heteroatoms. The highest BCUT2D eigenvalue weighted by Gasteiger charge is 2.19. The van der Waals surface area contributed by atoms with Crippen LogP contribution < -0.4 is 15.5 Å². The number of hydrogen-bond acceptors (Lipinski definition) is 7. The predicted molar refractivity (Wildman–Crippen MR) is 149 cm³/mol. The van der Waals surface area contributed by atoms with Crippen molar-refractivity contribution in [1.29, 1.82) is 0 Å². The van der Waals surface area contributed by atoms with Crippen LogP contribution >= 0.6 is 0 Å². The molecule has 0 radical (unpaired) electrons. The molecule has 3 aromatic carbocycles. The molecule has 5 aromatic rings. The molecule has 188 valence electrons. The smallest absolute Gasteiger partial charge is 0.177 e. The monoisotopic (exact) mass is 512 g/mol. The van der Waals surface area contributed by atoms with Crippen molar-refractivity contribution in [2.75, 3.05) is 42.7 Å². The number of anilines is 3. The standard InChI is InChI=1S/C28H28N6O2S/c1-33-12-7-19-3-4-20(15-26(19)33)23-16-21(17-25-28(23)31-9-8-30-25)32-24-18-22(34-13-10-29-11-14-34)5-6-27(24)37(2,35)36/h3-9,12,15-18,29,32H,10-11,13-14H2,1-2H3. The third-order valence-electron chi connectivity index (χ3n) is 6.90. The van der Waals surface area contributed by atoms with E-state index in [1.165, 1.54) is 11.6 Å². The van der Waals surface area contributed by atoms with Crippen LogP contribution in [0.5, 0.6) is 0 Å². The van der Waals surface area contributed by atoms with Crippen molar-refractivity contribution in [2.24, 2.45) is 7.05 Å². The Morgan fingerprint density at radius 3 is 2.57 bits per heavy atom. The summed E-state index contributed by atoms with van der Waals surface area (Å²) in [5.41, 5.74) is 6.87. The molecule has 0 unspecified atom stereocenters. The van der Waals surface area contributed by atoms with Crippen LogP contribution in [0.15, 0.2) is 78.1 Å². The Morgan fingerprint density at radius 2 is 1.76 bits per heavy atom. The quantitative estimate of drug-likeness (QED) is 0.362. The second-order valence-corrected chi connectivity index (χ2v) is 11.4. The Morgan fingerprint density at radius 1 is 0.946 bits per heavy atom. The molecule has 0 amide bonds. The SMILES string of the molecule is Cn1ccc2ccc(-c3cc(Nc4cc(N5CCNCC5)ccc4S(C)(=O)=O)cc4nccnc34)cc21. The maximum Gasteiger partial charge on any atom is 0.177 e. The average Bonchev–Trinajstić information content (AvgIpc) is 3.28. The molecule has 2 aromatic heterocycles. The molecule has 0 spiro atoms. The van der Waals surface area contributed by atoms with Gasteiger partial charge in [0, 0.05) is 80.5 Å².